The predicted molar refractivity (Wildman–Crippen MR) is 66.9 cm³/mol. The molecule has 5 nitrogen and oxygen atoms in total. The van der Waals surface area contributed by atoms with Gasteiger partial charge in [-0.2, -0.15) is 10.4 Å². The van der Waals surface area contributed by atoms with Crippen LogP contribution in [0.3, 0.4) is 0 Å². The minimum Gasteiger partial charge on any atom is -0.294 e. The Bertz CT molecular complexity index is 501. The maximum Gasteiger partial charge on any atom is 0.254 e. The third kappa shape index (κ3) is 4.58. The normalized spacial score (nSPS) is 10.6. The van der Waals surface area contributed by atoms with Crippen LogP contribution in [0, 0.1) is 11.3 Å². The van der Waals surface area contributed by atoms with Gasteiger partial charge in [0.25, 0.3) is 5.91 Å². The van der Waals surface area contributed by atoms with Crippen LogP contribution in [0.25, 0.3) is 0 Å². The Kier molecular flexibility index (Phi) is 5.26. The number of nitriles is 1. The maximum absolute atomic E-state index is 11.8. The van der Waals surface area contributed by atoms with Crippen molar-refractivity contribution in [2.24, 2.45) is 5.10 Å². The largest absolute Gasteiger partial charge is 0.294 e. The number of rotatable bonds is 5. The van der Waals surface area contributed by atoms with Crippen molar-refractivity contribution in [3.63, 3.8) is 0 Å². The summed E-state index contributed by atoms with van der Waals surface area (Å²) in [4.78, 5) is 22.8. The fourth-order valence-electron chi connectivity index (χ4n) is 1.27. The molecular weight excluding hydrogens is 230 g/mol. The van der Waals surface area contributed by atoms with E-state index in [0.717, 1.165) is 0 Å². The predicted octanol–water partition coefficient (Wildman–Crippen LogP) is 1.67. The number of carbonyl (C=O) groups excluding carboxylic acids is 2. The lowest BCUT2D eigenvalue weighted by Gasteiger charge is -2.01. The number of Topliss-reactive ketones (excluding diaryl/α,β-unsaturated/α-hetero) is 1. The van der Waals surface area contributed by atoms with E-state index < -0.39 is 5.91 Å². The van der Waals surface area contributed by atoms with E-state index in [1.54, 1.807) is 37.3 Å². The summed E-state index contributed by atoms with van der Waals surface area (Å²) < 4.78 is 0. The second-order valence-corrected chi connectivity index (χ2v) is 3.68. The molecule has 0 heterocycles. The maximum atomic E-state index is 11.8. The third-order valence-corrected chi connectivity index (χ3v) is 2.12. The third-order valence-electron chi connectivity index (χ3n) is 2.12. The molecule has 0 spiro atoms. The molecule has 0 saturated heterocycles. The van der Waals surface area contributed by atoms with Crippen molar-refractivity contribution in [1.29, 1.82) is 5.26 Å². The van der Waals surface area contributed by atoms with Crippen LogP contribution in [-0.2, 0) is 4.79 Å². The molecule has 0 fully saturated rings. The summed E-state index contributed by atoms with van der Waals surface area (Å²) in [5.41, 5.74) is 3.32. The summed E-state index contributed by atoms with van der Waals surface area (Å²) in [6.07, 6.45) is -0.111. The molecule has 0 aliphatic rings. The first-order valence-electron chi connectivity index (χ1n) is 5.40. The zero-order chi connectivity index (χ0) is 13.4. The van der Waals surface area contributed by atoms with Crippen molar-refractivity contribution in [2.75, 3.05) is 0 Å². The first kappa shape index (κ1) is 13.6. The van der Waals surface area contributed by atoms with Gasteiger partial charge >= 0.3 is 0 Å². The van der Waals surface area contributed by atoms with Crippen molar-refractivity contribution < 1.29 is 9.59 Å². The van der Waals surface area contributed by atoms with Crippen molar-refractivity contribution >= 4 is 17.4 Å². The molecule has 1 rings (SSSR count). The molecule has 92 valence electrons. The highest BCUT2D eigenvalue weighted by Gasteiger charge is 2.07. The lowest BCUT2D eigenvalue weighted by Crippen LogP contribution is -2.18. The molecule has 0 aromatic heterocycles. The highest BCUT2D eigenvalue weighted by Crippen LogP contribution is 2.03. The number of amides is 1. The first-order valence-corrected chi connectivity index (χ1v) is 5.40. The second-order valence-electron chi connectivity index (χ2n) is 3.68. The Morgan fingerprint density at radius 3 is 2.61 bits per heavy atom. The molecule has 0 atom stereocenters. The number of hydrazone groups is 1. The summed E-state index contributed by atoms with van der Waals surface area (Å²) >= 11 is 0. The fraction of sp³-hybridized carbons (Fsp3) is 0.231. The summed E-state index contributed by atoms with van der Waals surface area (Å²) in [5, 5.41) is 12.0. The summed E-state index contributed by atoms with van der Waals surface area (Å²) in [6, 6.07) is 10.6. The minimum absolute atomic E-state index is 0.0635. The molecular formula is C13H13N3O2. The fourth-order valence-corrected chi connectivity index (χ4v) is 1.27. The summed E-state index contributed by atoms with van der Waals surface area (Å²) in [5.74, 6) is -0.546. The Morgan fingerprint density at radius 2 is 2.00 bits per heavy atom. The molecule has 0 aliphatic carbocycles. The highest BCUT2D eigenvalue weighted by molar-refractivity contribution is 6.09. The number of ketones is 1. The number of hydrogen-bond acceptors (Lipinski definition) is 4. The number of carbonyl (C=O) groups is 2. The van der Waals surface area contributed by atoms with Gasteiger partial charge in [0.1, 0.15) is 6.42 Å². The van der Waals surface area contributed by atoms with Gasteiger partial charge in [0.05, 0.1) is 12.5 Å². The van der Waals surface area contributed by atoms with Gasteiger partial charge in [-0.1, -0.05) is 30.3 Å². The van der Waals surface area contributed by atoms with Crippen LogP contribution in [0.1, 0.15) is 30.1 Å². The van der Waals surface area contributed by atoms with E-state index >= 15 is 0 Å². The number of nitrogens with zero attached hydrogens (tertiary/aromatic N) is 2. The summed E-state index contributed by atoms with van der Waals surface area (Å²) in [7, 11) is 0. The zero-order valence-electron chi connectivity index (χ0n) is 10.0. The van der Waals surface area contributed by atoms with Gasteiger partial charge in [-0.3, -0.25) is 9.59 Å². The molecule has 1 aromatic rings. The van der Waals surface area contributed by atoms with Crippen LogP contribution >= 0.6 is 0 Å². The quantitative estimate of drug-likeness (QED) is 0.485. The molecule has 0 unspecified atom stereocenters. The van der Waals surface area contributed by atoms with Gasteiger partial charge in [0, 0.05) is 11.3 Å². The van der Waals surface area contributed by atoms with Gasteiger partial charge < -0.3 is 0 Å². The zero-order valence-corrected chi connectivity index (χ0v) is 10.0. The van der Waals surface area contributed by atoms with E-state index in [2.05, 4.69) is 10.5 Å². The Hall–Kier alpha value is -2.48. The smallest absolute Gasteiger partial charge is 0.254 e. The van der Waals surface area contributed by atoms with Gasteiger partial charge in [-0.05, 0) is 6.92 Å². The van der Waals surface area contributed by atoms with Gasteiger partial charge in [0.15, 0.2) is 5.78 Å². The van der Waals surface area contributed by atoms with Crippen LogP contribution in [0.15, 0.2) is 35.4 Å². The highest BCUT2D eigenvalue weighted by atomic mass is 16.2. The molecule has 5 heteroatoms. The second kappa shape index (κ2) is 6.97. The molecule has 1 N–H and O–H groups in total. The van der Waals surface area contributed by atoms with Crippen LogP contribution in [0.2, 0.25) is 0 Å². The van der Waals surface area contributed by atoms with Crippen molar-refractivity contribution in [3.8, 4) is 6.07 Å². The van der Waals surface area contributed by atoms with Crippen molar-refractivity contribution in [3.05, 3.63) is 35.9 Å². The van der Waals surface area contributed by atoms with Crippen LogP contribution in [0.5, 0.6) is 0 Å². The van der Waals surface area contributed by atoms with E-state index in [9.17, 15) is 9.59 Å². The van der Waals surface area contributed by atoms with Gasteiger partial charge in [0.2, 0.25) is 0 Å². The van der Waals surface area contributed by atoms with E-state index in [-0.39, 0.29) is 18.6 Å². The molecule has 0 bridgehead atoms. The SMILES string of the molecule is C/C(CC(=O)c1ccccc1)=N/NC(=O)CC#N. The Morgan fingerprint density at radius 1 is 1.33 bits per heavy atom. The Balaban J connectivity index is 2.52. The topological polar surface area (TPSA) is 82.3 Å². The van der Waals surface area contributed by atoms with E-state index in [0.29, 0.717) is 11.3 Å². The molecule has 1 aromatic carbocycles. The van der Waals surface area contributed by atoms with Gasteiger partial charge in [-0.15, -0.1) is 0 Å². The average Bonchev–Trinajstić information content (AvgIpc) is 2.38. The molecule has 18 heavy (non-hydrogen) atoms. The van der Waals surface area contributed by atoms with Crippen molar-refractivity contribution in [1.82, 2.24) is 5.43 Å². The standard InChI is InChI=1S/C13H13N3O2/c1-10(15-16-13(18)7-8-14)9-12(17)11-5-3-2-4-6-11/h2-6H,7,9H2,1H3,(H,16,18)/b15-10-. The Labute approximate surface area is 105 Å². The van der Waals surface area contributed by atoms with E-state index in [4.69, 9.17) is 5.26 Å². The number of hydrogen-bond donors (Lipinski definition) is 1. The lowest BCUT2D eigenvalue weighted by molar-refractivity contribution is -0.120. The summed E-state index contributed by atoms with van der Waals surface area (Å²) in [6.45, 7) is 1.65. The monoisotopic (exact) mass is 243 g/mol. The molecule has 0 aliphatic heterocycles. The van der Waals surface area contributed by atoms with E-state index in [1.807, 2.05) is 6.07 Å². The molecule has 0 radical (unpaired) electrons. The number of nitrogens with one attached hydrogen (secondary N) is 1. The minimum atomic E-state index is -0.482. The van der Waals surface area contributed by atoms with Crippen LogP contribution in [0.4, 0.5) is 0 Å². The van der Waals surface area contributed by atoms with Crippen molar-refractivity contribution in [2.45, 2.75) is 19.8 Å². The van der Waals surface area contributed by atoms with E-state index in [1.165, 1.54) is 0 Å². The van der Waals surface area contributed by atoms with Crippen LogP contribution in [-0.4, -0.2) is 17.4 Å². The first-order chi connectivity index (χ1) is 8.63. The average molecular weight is 243 g/mol. The van der Waals surface area contributed by atoms with Gasteiger partial charge in [-0.25, -0.2) is 5.43 Å². The lowest BCUT2D eigenvalue weighted by atomic mass is 10.1. The molecule has 1 amide bonds. The van der Waals surface area contributed by atoms with Crippen LogP contribution < -0.4 is 5.43 Å². The molecule has 0 saturated carbocycles. The number of benzene rings is 1.